The molecule has 0 fully saturated rings. The highest BCUT2D eigenvalue weighted by molar-refractivity contribution is 9.10. The molecule has 1 aromatic heterocycles. The van der Waals surface area contributed by atoms with Gasteiger partial charge in [0.05, 0.1) is 6.21 Å². The van der Waals surface area contributed by atoms with E-state index < -0.39 is 0 Å². The average Bonchev–Trinajstić information content (AvgIpc) is 3.06. The molecule has 0 atom stereocenters. The highest BCUT2D eigenvalue weighted by atomic mass is 79.9. The summed E-state index contributed by atoms with van der Waals surface area (Å²) in [6.07, 6.45) is 1.56. The highest BCUT2D eigenvalue weighted by Gasteiger charge is 2.08. The van der Waals surface area contributed by atoms with Gasteiger partial charge in [-0.2, -0.15) is 9.90 Å². The van der Waals surface area contributed by atoms with Gasteiger partial charge in [-0.05, 0) is 11.3 Å². The second-order valence-electron chi connectivity index (χ2n) is 4.82. The Bertz CT molecular complexity index is 862. The topological polar surface area (TPSA) is 85.1 Å². The summed E-state index contributed by atoms with van der Waals surface area (Å²) in [5, 5.41) is 15.9. The van der Waals surface area contributed by atoms with E-state index in [1.54, 1.807) is 6.21 Å². The third-order valence-electron chi connectivity index (χ3n) is 3.07. The third-order valence-corrected chi connectivity index (χ3v) is 3.79. The zero-order valence-electron chi connectivity index (χ0n) is 12.5. The van der Waals surface area contributed by atoms with Gasteiger partial charge >= 0.3 is 0 Å². The van der Waals surface area contributed by atoms with Gasteiger partial charge in [-0.1, -0.05) is 64.5 Å². The number of rotatable bonds is 5. The van der Waals surface area contributed by atoms with Crippen LogP contribution in [0, 0.1) is 0 Å². The fourth-order valence-corrected chi connectivity index (χ4v) is 2.32. The summed E-state index contributed by atoms with van der Waals surface area (Å²) in [6.45, 7) is -0.0624. The van der Waals surface area contributed by atoms with Crippen molar-refractivity contribution in [3.63, 3.8) is 0 Å². The molecule has 0 spiro atoms. The van der Waals surface area contributed by atoms with Gasteiger partial charge in [0, 0.05) is 15.6 Å². The van der Waals surface area contributed by atoms with E-state index in [9.17, 15) is 4.79 Å². The van der Waals surface area contributed by atoms with Crippen LogP contribution in [0.5, 0.6) is 0 Å². The summed E-state index contributed by atoms with van der Waals surface area (Å²) in [5.41, 5.74) is 4.14. The number of aromatic nitrogens is 4. The molecule has 1 amide bonds. The number of benzene rings is 2. The third kappa shape index (κ3) is 4.11. The Morgan fingerprint density at radius 3 is 2.71 bits per heavy atom. The minimum absolute atomic E-state index is 0.0624. The first kappa shape index (κ1) is 16.0. The van der Waals surface area contributed by atoms with Crippen molar-refractivity contribution in [3.8, 4) is 11.4 Å². The molecule has 0 saturated heterocycles. The number of nitrogens with zero attached hydrogens (tertiary/aromatic N) is 5. The van der Waals surface area contributed by atoms with Crippen LogP contribution in [0.3, 0.4) is 0 Å². The van der Waals surface area contributed by atoms with E-state index in [2.05, 4.69) is 41.9 Å². The molecular weight excluding hydrogens is 372 g/mol. The number of carbonyl (C=O) groups is 1. The minimum atomic E-state index is -0.338. The molecule has 0 aliphatic carbocycles. The first-order valence-corrected chi connectivity index (χ1v) is 7.91. The maximum Gasteiger partial charge on any atom is 0.263 e. The van der Waals surface area contributed by atoms with Crippen molar-refractivity contribution in [1.82, 2.24) is 25.6 Å². The van der Waals surface area contributed by atoms with Crippen LogP contribution in [0.2, 0.25) is 0 Å². The fraction of sp³-hybridized carbons (Fsp3) is 0.0625. The van der Waals surface area contributed by atoms with E-state index in [4.69, 9.17) is 0 Å². The van der Waals surface area contributed by atoms with Crippen molar-refractivity contribution in [2.45, 2.75) is 6.54 Å². The van der Waals surface area contributed by atoms with Gasteiger partial charge < -0.3 is 0 Å². The Balaban J connectivity index is 1.58. The largest absolute Gasteiger partial charge is 0.271 e. The normalized spacial score (nSPS) is 10.9. The van der Waals surface area contributed by atoms with Crippen LogP contribution < -0.4 is 5.43 Å². The van der Waals surface area contributed by atoms with Gasteiger partial charge in [0.2, 0.25) is 5.82 Å². The summed E-state index contributed by atoms with van der Waals surface area (Å²) < 4.78 is 0.897. The molecule has 2 aromatic carbocycles. The van der Waals surface area contributed by atoms with Crippen LogP contribution in [0.25, 0.3) is 11.4 Å². The number of hydrogen-bond donors (Lipinski definition) is 1. The van der Waals surface area contributed by atoms with Gasteiger partial charge in [-0.15, -0.1) is 10.2 Å². The van der Waals surface area contributed by atoms with Crippen LogP contribution in [0.4, 0.5) is 0 Å². The molecule has 0 unspecified atom stereocenters. The second-order valence-corrected chi connectivity index (χ2v) is 5.68. The highest BCUT2D eigenvalue weighted by Crippen LogP contribution is 2.13. The maximum absolute atomic E-state index is 11.9. The number of halogens is 1. The SMILES string of the molecule is O=C(Cn1nnc(-c2ccccc2)n1)NN=Cc1ccccc1Br. The monoisotopic (exact) mass is 384 g/mol. The molecule has 1 N–H and O–H groups in total. The van der Waals surface area contributed by atoms with E-state index in [-0.39, 0.29) is 12.5 Å². The van der Waals surface area contributed by atoms with E-state index >= 15 is 0 Å². The van der Waals surface area contributed by atoms with E-state index in [1.165, 1.54) is 4.80 Å². The number of carbonyl (C=O) groups excluding carboxylic acids is 1. The minimum Gasteiger partial charge on any atom is -0.271 e. The molecule has 3 rings (SSSR count). The molecule has 3 aromatic rings. The summed E-state index contributed by atoms with van der Waals surface area (Å²) >= 11 is 3.41. The molecule has 8 heteroatoms. The fourth-order valence-electron chi connectivity index (χ4n) is 1.93. The Kier molecular flexibility index (Phi) is 5.07. The smallest absolute Gasteiger partial charge is 0.263 e. The lowest BCUT2D eigenvalue weighted by atomic mass is 10.2. The van der Waals surface area contributed by atoms with Gasteiger partial charge in [0.25, 0.3) is 5.91 Å². The zero-order chi connectivity index (χ0) is 16.8. The van der Waals surface area contributed by atoms with Gasteiger partial charge in [0.15, 0.2) is 0 Å². The number of hydrazone groups is 1. The van der Waals surface area contributed by atoms with Gasteiger partial charge in [0.1, 0.15) is 6.54 Å². The van der Waals surface area contributed by atoms with Crippen molar-refractivity contribution >= 4 is 28.1 Å². The van der Waals surface area contributed by atoms with Gasteiger partial charge in [-0.25, -0.2) is 5.43 Å². The van der Waals surface area contributed by atoms with Crippen molar-refractivity contribution < 1.29 is 4.79 Å². The molecule has 0 aliphatic rings. The summed E-state index contributed by atoms with van der Waals surface area (Å²) in [7, 11) is 0. The molecule has 0 radical (unpaired) electrons. The first-order valence-electron chi connectivity index (χ1n) is 7.12. The van der Waals surface area contributed by atoms with Crippen LogP contribution in [-0.4, -0.2) is 32.3 Å². The van der Waals surface area contributed by atoms with Crippen LogP contribution in [-0.2, 0) is 11.3 Å². The Morgan fingerprint density at radius 1 is 1.17 bits per heavy atom. The predicted molar refractivity (Wildman–Crippen MR) is 93.1 cm³/mol. The van der Waals surface area contributed by atoms with E-state index in [1.807, 2.05) is 54.6 Å². The zero-order valence-corrected chi connectivity index (χ0v) is 14.1. The summed E-state index contributed by atoms with van der Waals surface area (Å²) in [6, 6.07) is 17.0. The lowest BCUT2D eigenvalue weighted by Crippen LogP contribution is -2.24. The number of tetrazole rings is 1. The molecule has 24 heavy (non-hydrogen) atoms. The number of hydrogen-bond acceptors (Lipinski definition) is 5. The Labute approximate surface area is 146 Å². The molecular formula is C16H13BrN6O. The van der Waals surface area contributed by atoms with Crippen molar-refractivity contribution in [1.29, 1.82) is 0 Å². The second kappa shape index (κ2) is 7.60. The van der Waals surface area contributed by atoms with E-state index in [0.29, 0.717) is 5.82 Å². The van der Waals surface area contributed by atoms with Crippen LogP contribution in [0.15, 0.2) is 64.2 Å². The van der Waals surface area contributed by atoms with Crippen molar-refractivity contribution in [2.75, 3.05) is 0 Å². The molecule has 0 saturated carbocycles. The number of amides is 1. The molecule has 0 aliphatic heterocycles. The van der Waals surface area contributed by atoms with Crippen LogP contribution in [0.1, 0.15) is 5.56 Å². The molecule has 7 nitrogen and oxygen atoms in total. The standard InChI is InChI=1S/C16H13BrN6O/c17-14-9-5-4-8-13(14)10-18-19-15(24)11-23-21-16(20-22-23)12-6-2-1-3-7-12/h1-10H,11H2,(H,19,24). The average molecular weight is 385 g/mol. The predicted octanol–water partition coefficient (Wildman–Crippen LogP) is 2.25. The van der Waals surface area contributed by atoms with Crippen molar-refractivity contribution in [2.24, 2.45) is 5.10 Å². The maximum atomic E-state index is 11.9. The van der Waals surface area contributed by atoms with E-state index in [0.717, 1.165) is 15.6 Å². The quantitative estimate of drug-likeness (QED) is 0.539. The summed E-state index contributed by atoms with van der Waals surface area (Å²) in [4.78, 5) is 13.1. The first-order chi connectivity index (χ1) is 11.7. The lowest BCUT2D eigenvalue weighted by Gasteiger charge is -1.99. The molecule has 1 heterocycles. The molecule has 0 bridgehead atoms. The van der Waals surface area contributed by atoms with Gasteiger partial charge in [-0.3, -0.25) is 4.79 Å². The lowest BCUT2D eigenvalue weighted by molar-refractivity contribution is -0.122. The van der Waals surface area contributed by atoms with Crippen molar-refractivity contribution in [3.05, 3.63) is 64.6 Å². The Morgan fingerprint density at radius 2 is 1.92 bits per heavy atom. The molecule has 120 valence electrons. The number of nitrogens with one attached hydrogen (secondary N) is 1. The Hall–Kier alpha value is -2.87. The summed E-state index contributed by atoms with van der Waals surface area (Å²) in [5.74, 6) is 0.135. The van der Waals surface area contributed by atoms with Crippen LogP contribution >= 0.6 is 15.9 Å².